The van der Waals surface area contributed by atoms with Crippen molar-refractivity contribution in [3.63, 3.8) is 0 Å². The van der Waals surface area contributed by atoms with Crippen molar-refractivity contribution in [1.29, 1.82) is 0 Å². The van der Waals surface area contributed by atoms with Gasteiger partial charge in [-0.3, -0.25) is 0 Å². The van der Waals surface area contributed by atoms with E-state index in [2.05, 4.69) is 40.3 Å². The molecule has 0 saturated carbocycles. The molecule has 0 unspecified atom stereocenters. The van der Waals surface area contributed by atoms with Crippen molar-refractivity contribution in [2.24, 2.45) is 5.92 Å². The average Bonchev–Trinajstić information content (AvgIpc) is 2.54. The molecule has 0 radical (unpaired) electrons. The number of rotatable bonds is 15. The Labute approximate surface area is 150 Å². The summed E-state index contributed by atoms with van der Waals surface area (Å²) in [6, 6.07) is 0. The molecular weight excluding hydrogens is 387 g/mol. The van der Waals surface area contributed by atoms with E-state index < -0.39 is 18.4 Å². The monoisotopic (exact) mass is 430 g/mol. The van der Waals surface area contributed by atoms with Gasteiger partial charge in [0.2, 0.25) is 0 Å². The fourth-order valence-electron chi connectivity index (χ4n) is 3.57. The van der Waals surface area contributed by atoms with Crippen molar-refractivity contribution in [3.8, 4) is 0 Å². The molecular formula is C21H42OSn. The SMILES string of the molecule is C=[C](C[C@@H](C)C/C=C/CO)[Sn]([CH2]CCC)([CH2]CCC)[CH2]CCC. The first-order chi connectivity index (χ1) is 11.1. The van der Waals surface area contributed by atoms with Crippen LogP contribution in [0.4, 0.5) is 0 Å². The first kappa shape index (κ1) is 23.2. The Balaban J connectivity index is 4.94. The van der Waals surface area contributed by atoms with Crippen LogP contribution in [0.3, 0.4) is 0 Å². The van der Waals surface area contributed by atoms with Crippen LogP contribution in [0.1, 0.15) is 79.1 Å². The fraction of sp³-hybridized carbons (Fsp3) is 0.810. The van der Waals surface area contributed by atoms with Gasteiger partial charge in [-0.15, -0.1) is 0 Å². The molecule has 0 bridgehead atoms. The maximum atomic E-state index is 8.89. The van der Waals surface area contributed by atoms with Crippen molar-refractivity contribution in [3.05, 3.63) is 22.3 Å². The second-order valence-electron chi connectivity index (χ2n) is 7.39. The average molecular weight is 429 g/mol. The van der Waals surface area contributed by atoms with Crippen LogP contribution < -0.4 is 0 Å². The summed E-state index contributed by atoms with van der Waals surface area (Å²) >= 11 is -2.22. The minimum absolute atomic E-state index is 0.167. The Morgan fingerprint density at radius 3 is 1.83 bits per heavy atom. The Bertz CT molecular complexity index is 300. The molecule has 0 fully saturated rings. The zero-order chi connectivity index (χ0) is 17.6. The molecule has 2 heteroatoms. The topological polar surface area (TPSA) is 20.2 Å². The van der Waals surface area contributed by atoms with Gasteiger partial charge in [0, 0.05) is 0 Å². The standard InChI is InChI=1S/C9H15O.3C4H9.Sn/c1-3-6-9(2)7-4-5-8-10;3*1-3-4-2;/h4-5,9-10H,1,6-8H2,2H3;3*1,3-4H2,2H3;/b5-4+;;;;/t9-;;;;/m1..../s1. The van der Waals surface area contributed by atoms with Crippen molar-refractivity contribution < 1.29 is 5.11 Å². The van der Waals surface area contributed by atoms with Crippen LogP contribution in [0.25, 0.3) is 0 Å². The molecule has 0 rings (SSSR count). The molecule has 0 aliphatic heterocycles. The number of unbranched alkanes of at least 4 members (excludes halogenated alkanes) is 3. The van der Waals surface area contributed by atoms with Crippen LogP contribution in [0.2, 0.25) is 13.3 Å². The van der Waals surface area contributed by atoms with Crippen molar-refractivity contribution in [1.82, 2.24) is 0 Å². The third-order valence-electron chi connectivity index (χ3n) is 5.18. The van der Waals surface area contributed by atoms with Gasteiger partial charge in [-0.25, -0.2) is 0 Å². The van der Waals surface area contributed by atoms with E-state index in [0.717, 1.165) is 6.42 Å². The third kappa shape index (κ3) is 9.96. The molecule has 1 N–H and O–H groups in total. The van der Waals surface area contributed by atoms with E-state index in [4.69, 9.17) is 5.11 Å². The van der Waals surface area contributed by atoms with Gasteiger partial charge in [-0.1, -0.05) is 0 Å². The molecule has 136 valence electrons. The quantitative estimate of drug-likeness (QED) is 0.222. The van der Waals surface area contributed by atoms with Crippen molar-refractivity contribution in [2.45, 2.75) is 92.4 Å². The summed E-state index contributed by atoms with van der Waals surface area (Å²) < 4.78 is 6.30. The summed E-state index contributed by atoms with van der Waals surface area (Å²) in [7, 11) is 0. The number of aliphatic hydroxyl groups is 1. The molecule has 0 aliphatic carbocycles. The molecule has 23 heavy (non-hydrogen) atoms. The van der Waals surface area contributed by atoms with E-state index in [1.54, 1.807) is 3.59 Å². The molecule has 0 saturated heterocycles. The van der Waals surface area contributed by atoms with E-state index >= 15 is 0 Å². The maximum absolute atomic E-state index is 8.89. The zero-order valence-electron chi connectivity index (χ0n) is 16.4. The number of hydrogen-bond acceptors (Lipinski definition) is 1. The van der Waals surface area contributed by atoms with Crippen LogP contribution >= 0.6 is 0 Å². The molecule has 0 amide bonds. The molecule has 0 aliphatic rings. The van der Waals surface area contributed by atoms with Crippen LogP contribution in [0.15, 0.2) is 22.3 Å². The number of allylic oxidation sites excluding steroid dienone is 2. The van der Waals surface area contributed by atoms with Crippen LogP contribution in [0.5, 0.6) is 0 Å². The van der Waals surface area contributed by atoms with Crippen molar-refractivity contribution >= 4 is 18.4 Å². The summed E-state index contributed by atoms with van der Waals surface area (Å²) in [4.78, 5) is 0. The van der Waals surface area contributed by atoms with Gasteiger partial charge in [0.1, 0.15) is 0 Å². The van der Waals surface area contributed by atoms with Gasteiger partial charge in [-0.2, -0.15) is 0 Å². The second-order valence-corrected chi connectivity index (χ2v) is 21.0. The molecule has 0 aromatic heterocycles. The first-order valence-corrected chi connectivity index (χ1v) is 17.5. The predicted octanol–water partition coefficient (Wildman–Crippen LogP) is 6.90. The Morgan fingerprint density at radius 2 is 1.43 bits per heavy atom. The Kier molecular flexibility index (Phi) is 14.7. The van der Waals surface area contributed by atoms with E-state index in [0.29, 0.717) is 5.92 Å². The van der Waals surface area contributed by atoms with E-state index in [1.807, 2.05) is 6.08 Å². The van der Waals surface area contributed by atoms with Gasteiger partial charge >= 0.3 is 151 Å². The normalized spacial score (nSPS) is 13.6. The van der Waals surface area contributed by atoms with Gasteiger partial charge in [0.05, 0.1) is 0 Å². The summed E-state index contributed by atoms with van der Waals surface area (Å²) in [5.41, 5.74) is 0. The zero-order valence-corrected chi connectivity index (χ0v) is 19.2. The molecule has 0 aromatic carbocycles. The van der Waals surface area contributed by atoms with Crippen LogP contribution in [-0.4, -0.2) is 30.1 Å². The summed E-state index contributed by atoms with van der Waals surface area (Å²) in [5.74, 6) is 0.672. The second kappa shape index (κ2) is 14.6. The van der Waals surface area contributed by atoms with Crippen LogP contribution in [0, 0.1) is 5.92 Å². The van der Waals surface area contributed by atoms with Gasteiger partial charge < -0.3 is 0 Å². The van der Waals surface area contributed by atoms with Gasteiger partial charge in [0.15, 0.2) is 0 Å². The predicted molar refractivity (Wildman–Crippen MR) is 109 cm³/mol. The van der Waals surface area contributed by atoms with E-state index in [1.165, 1.54) is 58.3 Å². The molecule has 0 spiro atoms. The fourth-order valence-corrected chi connectivity index (χ4v) is 19.8. The molecule has 1 atom stereocenters. The summed E-state index contributed by atoms with van der Waals surface area (Å²) in [6.45, 7) is 14.2. The number of aliphatic hydroxyl groups excluding tert-OH is 1. The van der Waals surface area contributed by atoms with Crippen molar-refractivity contribution in [2.75, 3.05) is 6.61 Å². The molecule has 1 nitrogen and oxygen atoms in total. The molecule has 0 aromatic rings. The van der Waals surface area contributed by atoms with Gasteiger partial charge in [0.25, 0.3) is 0 Å². The first-order valence-electron chi connectivity index (χ1n) is 10.00. The van der Waals surface area contributed by atoms with E-state index in [9.17, 15) is 0 Å². The Hall–Kier alpha value is 0.239. The van der Waals surface area contributed by atoms with E-state index in [-0.39, 0.29) is 6.61 Å². The Morgan fingerprint density at radius 1 is 0.957 bits per heavy atom. The summed E-state index contributed by atoms with van der Waals surface area (Å²) in [6.07, 6.45) is 14.6. The van der Waals surface area contributed by atoms with Crippen LogP contribution in [-0.2, 0) is 0 Å². The summed E-state index contributed by atoms with van der Waals surface area (Å²) in [5, 5.41) is 8.89. The third-order valence-corrected chi connectivity index (χ3v) is 21.3. The van der Waals surface area contributed by atoms with Gasteiger partial charge in [-0.05, 0) is 0 Å². The molecule has 0 heterocycles. The number of hydrogen-bond donors (Lipinski definition) is 1. The minimum atomic E-state index is -2.22.